The molecule has 1 aliphatic rings. The molecule has 0 amide bonds. The van der Waals surface area contributed by atoms with Gasteiger partial charge in [0.15, 0.2) is 0 Å². The van der Waals surface area contributed by atoms with Gasteiger partial charge in [-0.3, -0.25) is 0 Å². The highest BCUT2D eigenvalue weighted by Gasteiger charge is 2.30. The quantitative estimate of drug-likeness (QED) is 0.705. The molecule has 3 heteroatoms. The number of rotatable bonds is 4. The summed E-state index contributed by atoms with van der Waals surface area (Å²) in [6.45, 7) is 0. The van der Waals surface area contributed by atoms with E-state index in [-0.39, 0.29) is 6.04 Å². The lowest BCUT2D eigenvalue weighted by molar-refractivity contribution is 0.414. The Hall–Kier alpha value is -2.94. The molecule has 3 aromatic carbocycles. The van der Waals surface area contributed by atoms with Gasteiger partial charge in [0.2, 0.25) is 0 Å². The van der Waals surface area contributed by atoms with Gasteiger partial charge in [-0.25, -0.2) is 0 Å². The van der Waals surface area contributed by atoms with Crippen molar-refractivity contribution in [2.24, 2.45) is 0 Å². The summed E-state index contributed by atoms with van der Waals surface area (Å²) in [6.07, 6.45) is 0.993. The summed E-state index contributed by atoms with van der Waals surface area (Å²) in [5.41, 5.74) is 5.08. The van der Waals surface area contributed by atoms with E-state index >= 15 is 0 Å². The van der Waals surface area contributed by atoms with Gasteiger partial charge in [0.05, 0.1) is 20.3 Å². The summed E-state index contributed by atoms with van der Waals surface area (Å²) in [6, 6.07) is 25.6. The molecule has 26 heavy (non-hydrogen) atoms. The van der Waals surface area contributed by atoms with Crippen molar-refractivity contribution in [3.8, 4) is 11.5 Å². The van der Waals surface area contributed by atoms with Crippen LogP contribution in [-0.2, 0) is 6.42 Å². The number of methoxy groups -OCH3 is 2. The predicted octanol–water partition coefficient (Wildman–Crippen LogP) is 5.20. The Morgan fingerprint density at radius 3 is 2.15 bits per heavy atom. The summed E-state index contributed by atoms with van der Waals surface area (Å²) in [5.74, 6) is 2.12. The average Bonchev–Trinajstić information content (AvgIpc) is 2.73. The van der Waals surface area contributed by atoms with Crippen LogP contribution in [0.4, 0.5) is 5.69 Å². The number of nitrogens with one attached hydrogen (secondary N) is 1. The summed E-state index contributed by atoms with van der Waals surface area (Å²) < 4.78 is 10.7. The van der Waals surface area contributed by atoms with Crippen LogP contribution in [0.15, 0.2) is 72.8 Å². The monoisotopic (exact) mass is 345 g/mol. The summed E-state index contributed by atoms with van der Waals surface area (Å²) >= 11 is 0. The highest BCUT2D eigenvalue weighted by Crippen LogP contribution is 2.43. The minimum atomic E-state index is 0.197. The van der Waals surface area contributed by atoms with Crippen LogP contribution in [0.25, 0.3) is 0 Å². The van der Waals surface area contributed by atoms with Crippen molar-refractivity contribution in [1.29, 1.82) is 0 Å². The highest BCUT2D eigenvalue weighted by atomic mass is 16.5. The van der Waals surface area contributed by atoms with E-state index < -0.39 is 0 Å². The maximum absolute atomic E-state index is 5.41. The summed E-state index contributed by atoms with van der Waals surface area (Å²) in [5, 5.41) is 3.75. The maximum Gasteiger partial charge on any atom is 0.120 e. The first-order valence-electron chi connectivity index (χ1n) is 8.91. The van der Waals surface area contributed by atoms with E-state index in [1.54, 1.807) is 14.2 Å². The van der Waals surface area contributed by atoms with Crippen molar-refractivity contribution in [1.82, 2.24) is 0 Å². The molecular formula is C23H23NO2. The Morgan fingerprint density at radius 1 is 0.769 bits per heavy atom. The van der Waals surface area contributed by atoms with Crippen LogP contribution in [0.5, 0.6) is 11.5 Å². The molecule has 0 saturated heterocycles. The highest BCUT2D eigenvalue weighted by molar-refractivity contribution is 5.60. The van der Waals surface area contributed by atoms with Crippen LogP contribution in [0.1, 0.15) is 28.7 Å². The van der Waals surface area contributed by atoms with Crippen LogP contribution in [0, 0.1) is 0 Å². The number of hydrogen-bond donors (Lipinski definition) is 1. The molecule has 0 radical (unpaired) electrons. The smallest absolute Gasteiger partial charge is 0.120 e. The number of fused-ring (bicyclic) bond motifs is 1. The van der Waals surface area contributed by atoms with Crippen molar-refractivity contribution in [2.45, 2.75) is 18.4 Å². The summed E-state index contributed by atoms with van der Waals surface area (Å²) in [4.78, 5) is 0. The van der Waals surface area contributed by atoms with Crippen LogP contribution >= 0.6 is 0 Å². The van der Waals surface area contributed by atoms with Crippen LogP contribution in [0.2, 0.25) is 0 Å². The van der Waals surface area contributed by atoms with E-state index in [9.17, 15) is 0 Å². The second-order valence-electron chi connectivity index (χ2n) is 6.64. The number of benzene rings is 3. The number of hydrogen-bond acceptors (Lipinski definition) is 3. The fourth-order valence-electron chi connectivity index (χ4n) is 3.76. The number of anilines is 1. The molecule has 4 rings (SSSR count). The summed E-state index contributed by atoms with van der Waals surface area (Å²) in [7, 11) is 3.40. The molecule has 2 unspecified atom stereocenters. The lowest BCUT2D eigenvalue weighted by Gasteiger charge is -2.36. The zero-order chi connectivity index (χ0) is 17.9. The van der Waals surface area contributed by atoms with Crippen molar-refractivity contribution >= 4 is 5.69 Å². The Labute approximate surface area is 154 Å². The second-order valence-corrected chi connectivity index (χ2v) is 6.64. The van der Waals surface area contributed by atoms with Gasteiger partial charge < -0.3 is 14.8 Å². The van der Waals surface area contributed by atoms with Gasteiger partial charge in [0.25, 0.3) is 0 Å². The van der Waals surface area contributed by atoms with Gasteiger partial charge in [-0.2, -0.15) is 0 Å². The van der Waals surface area contributed by atoms with Crippen molar-refractivity contribution in [3.05, 3.63) is 89.5 Å². The van der Waals surface area contributed by atoms with E-state index in [0.29, 0.717) is 5.92 Å². The third-order valence-electron chi connectivity index (χ3n) is 5.17. The Kier molecular flexibility index (Phi) is 4.53. The number of ether oxygens (including phenoxy) is 2. The van der Waals surface area contributed by atoms with Crippen LogP contribution in [-0.4, -0.2) is 14.2 Å². The molecule has 0 saturated carbocycles. The topological polar surface area (TPSA) is 30.5 Å². The predicted molar refractivity (Wildman–Crippen MR) is 105 cm³/mol. The van der Waals surface area contributed by atoms with E-state index in [2.05, 4.69) is 59.9 Å². The molecule has 1 N–H and O–H groups in total. The average molecular weight is 345 g/mol. The molecule has 2 atom stereocenters. The van der Waals surface area contributed by atoms with E-state index in [4.69, 9.17) is 9.47 Å². The Morgan fingerprint density at radius 2 is 1.46 bits per heavy atom. The van der Waals surface area contributed by atoms with Crippen LogP contribution in [0.3, 0.4) is 0 Å². The fourth-order valence-corrected chi connectivity index (χ4v) is 3.76. The van der Waals surface area contributed by atoms with E-state index in [0.717, 1.165) is 23.6 Å². The zero-order valence-electron chi connectivity index (χ0n) is 15.1. The Bertz CT molecular complexity index is 874. The third kappa shape index (κ3) is 3.13. The minimum Gasteiger partial charge on any atom is -0.497 e. The first kappa shape index (κ1) is 16.5. The van der Waals surface area contributed by atoms with E-state index in [1.807, 2.05) is 18.2 Å². The second kappa shape index (κ2) is 7.12. The van der Waals surface area contributed by atoms with Crippen molar-refractivity contribution < 1.29 is 9.47 Å². The van der Waals surface area contributed by atoms with Crippen molar-refractivity contribution in [3.63, 3.8) is 0 Å². The maximum atomic E-state index is 5.41. The first-order chi connectivity index (χ1) is 12.8. The van der Waals surface area contributed by atoms with E-state index in [1.165, 1.54) is 16.7 Å². The molecule has 0 fully saturated rings. The van der Waals surface area contributed by atoms with Crippen LogP contribution < -0.4 is 14.8 Å². The Balaban J connectivity index is 1.76. The minimum absolute atomic E-state index is 0.197. The fraction of sp³-hybridized carbons (Fsp3) is 0.217. The van der Waals surface area contributed by atoms with Gasteiger partial charge in [0.1, 0.15) is 11.5 Å². The first-order valence-corrected chi connectivity index (χ1v) is 8.91. The lowest BCUT2D eigenvalue weighted by Crippen LogP contribution is -2.26. The molecule has 0 aliphatic carbocycles. The normalized spacial score (nSPS) is 18.5. The molecule has 1 heterocycles. The molecular weight excluding hydrogens is 322 g/mol. The standard InChI is InChI=1S/C23H23NO2/c1-25-19-11-8-17(9-12-19)23-21(16-6-4-3-5-7-16)14-18-10-13-20(26-2)15-22(18)24-23/h3-13,15,21,23-24H,14H2,1-2H3. The molecule has 0 aromatic heterocycles. The van der Waals surface area contributed by atoms with Crippen molar-refractivity contribution in [2.75, 3.05) is 19.5 Å². The van der Waals surface area contributed by atoms with Gasteiger partial charge in [-0.05, 0) is 41.3 Å². The van der Waals surface area contributed by atoms with Gasteiger partial charge in [0, 0.05) is 17.7 Å². The SMILES string of the molecule is COc1ccc(C2Nc3cc(OC)ccc3CC2c2ccccc2)cc1. The molecule has 132 valence electrons. The van der Waals surface area contributed by atoms with Gasteiger partial charge in [-0.15, -0.1) is 0 Å². The third-order valence-corrected chi connectivity index (χ3v) is 5.17. The zero-order valence-corrected chi connectivity index (χ0v) is 15.1. The molecule has 0 spiro atoms. The molecule has 1 aliphatic heterocycles. The molecule has 3 aromatic rings. The molecule has 0 bridgehead atoms. The van der Waals surface area contributed by atoms with Gasteiger partial charge in [-0.1, -0.05) is 48.5 Å². The largest absolute Gasteiger partial charge is 0.497 e. The molecule has 3 nitrogen and oxygen atoms in total. The van der Waals surface area contributed by atoms with Gasteiger partial charge >= 0.3 is 0 Å². The lowest BCUT2D eigenvalue weighted by atomic mass is 9.79.